The smallest absolute Gasteiger partial charge is 0.153 e. The summed E-state index contributed by atoms with van der Waals surface area (Å²) in [5, 5.41) is 4.20. The van der Waals surface area contributed by atoms with Crippen LogP contribution in [0.25, 0.3) is 11.1 Å². The van der Waals surface area contributed by atoms with Crippen molar-refractivity contribution in [2.24, 2.45) is 7.05 Å². The number of nitrogens with two attached hydrogens (primary N) is 1. The van der Waals surface area contributed by atoms with Crippen LogP contribution in [-0.4, -0.2) is 9.78 Å². The van der Waals surface area contributed by atoms with Crippen LogP contribution >= 0.6 is 0 Å². The Hall–Kier alpha value is -1.77. The molecule has 0 radical (unpaired) electrons. The van der Waals surface area contributed by atoms with Crippen LogP contribution in [0.1, 0.15) is 30.9 Å². The molecule has 2 aromatic rings. The number of aromatic nitrogens is 2. The molecule has 1 aromatic heterocycles. The summed E-state index contributed by atoms with van der Waals surface area (Å²) in [6.07, 6.45) is 1.97. The zero-order valence-corrected chi connectivity index (χ0v) is 10.9. The topological polar surface area (TPSA) is 43.8 Å². The normalized spacial score (nSPS) is 11.1. The van der Waals surface area contributed by atoms with E-state index in [0.717, 1.165) is 5.56 Å². The number of nitrogen functional groups attached to an aromatic ring is 1. The minimum Gasteiger partial charge on any atom is -0.382 e. The number of nitrogens with zero attached hydrogens (tertiary/aromatic N) is 2. The average Bonchev–Trinajstić information content (AvgIpc) is 2.58. The Balaban J connectivity index is 2.58. The van der Waals surface area contributed by atoms with Gasteiger partial charge in [-0.15, -0.1) is 0 Å². The van der Waals surface area contributed by atoms with E-state index in [9.17, 15) is 0 Å². The summed E-state index contributed by atoms with van der Waals surface area (Å²) in [7, 11) is 1.89. The van der Waals surface area contributed by atoms with E-state index in [1.54, 1.807) is 4.68 Å². The van der Waals surface area contributed by atoms with Crippen molar-refractivity contribution < 1.29 is 0 Å². The summed E-state index contributed by atoms with van der Waals surface area (Å²) < 4.78 is 1.76. The number of hydrogen-bond donors (Lipinski definition) is 1. The van der Waals surface area contributed by atoms with Crippen molar-refractivity contribution >= 4 is 5.82 Å². The van der Waals surface area contributed by atoms with Crippen LogP contribution in [0.15, 0.2) is 24.4 Å². The van der Waals surface area contributed by atoms with Gasteiger partial charge in [-0.25, -0.2) is 0 Å². The lowest BCUT2D eigenvalue weighted by atomic mass is 9.95. The molecule has 1 aromatic carbocycles. The first-order chi connectivity index (χ1) is 7.99. The third kappa shape index (κ3) is 2.18. The van der Waals surface area contributed by atoms with E-state index in [1.165, 1.54) is 16.7 Å². The van der Waals surface area contributed by atoms with Crippen molar-refractivity contribution in [2.75, 3.05) is 5.73 Å². The highest BCUT2D eigenvalue weighted by molar-refractivity contribution is 5.76. The quantitative estimate of drug-likeness (QED) is 0.860. The Morgan fingerprint density at radius 2 is 1.94 bits per heavy atom. The molecule has 2 N–H and O–H groups in total. The number of aryl methyl sites for hydroxylation is 2. The Bertz CT molecular complexity index is 538. The first-order valence-corrected chi connectivity index (χ1v) is 5.89. The first-order valence-electron chi connectivity index (χ1n) is 5.89. The van der Waals surface area contributed by atoms with Gasteiger partial charge >= 0.3 is 0 Å². The van der Waals surface area contributed by atoms with Crippen molar-refractivity contribution in [3.05, 3.63) is 35.5 Å². The number of anilines is 1. The summed E-state index contributed by atoms with van der Waals surface area (Å²) in [6, 6.07) is 6.54. The zero-order chi connectivity index (χ0) is 12.6. The lowest BCUT2D eigenvalue weighted by molar-refractivity contribution is 0.772. The molecule has 0 unspecified atom stereocenters. The summed E-state index contributed by atoms with van der Waals surface area (Å²) in [5.74, 6) is 1.11. The SMILES string of the molecule is Cc1ccc(C(C)C)cc1-c1cn(C)nc1N. The third-order valence-electron chi connectivity index (χ3n) is 3.08. The van der Waals surface area contributed by atoms with Gasteiger partial charge in [0, 0.05) is 18.8 Å². The van der Waals surface area contributed by atoms with Gasteiger partial charge in [0.2, 0.25) is 0 Å². The molecule has 0 spiro atoms. The molecule has 0 aliphatic carbocycles. The Morgan fingerprint density at radius 3 is 2.47 bits per heavy atom. The maximum atomic E-state index is 5.94. The van der Waals surface area contributed by atoms with Crippen molar-refractivity contribution in [3.63, 3.8) is 0 Å². The maximum Gasteiger partial charge on any atom is 0.153 e. The molecule has 0 amide bonds. The predicted octanol–water partition coefficient (Wildman–Crippen LogP) is 3.10. The molecule has 3 heteroatoms. The summed E-state index contributed by atoms with van der Waals surface area (Å²) in [4.78, 5) is 0. The molecule has 0 fully saturated rings. The third-order valence-corrected chi connectivity index (χ3v) is 3.08. The van der Waals surface area contributed by atoms with Crippen LogP contribution in [0.2, 0.25) is 0 Å². The van der Waals surface area contributed by atoms with Crippen LogP contribution in [0.4, 0.5) is 5.82 Å². The van der Waals surface area contributed by atoms with Gasteiger partial charge in [0.15, 0.2) is 5.82 Å². The molecule has 0 aliphatic rings. The Labute approximate surface area is 102 Å². The summed E-state index contributed by atoms with van der Waals surface area (Å²) in [6.45, 7) is 6.49. The number of benzene rings is 1. The van der Waals surface area contributed by atoms with Gasteiger partial charge in [0.1, 0.15) is 0 Å². The zero-order valence-electron chi connectivity index (χ0n) is 10.9. The first kappa shape index (κ1) is 11.7. The molecule has 0 bridgehead atoms. The van der Waals surface area contributed by atoms with Crippen molar-refractivity contribution in [1.29, 1.82) is 0 Å². The lowest BCUT2D eigenvalue weighted by Crippen LogP contribution is -1.93. The molecule has 3 nitrogen and oxygen atoms in total. The maximum absolute atomic E-state index is 5.94. The van der Waals surface area contributed by atoms with E-state index >= 15 is 0 Å². The Morgan fingerprint density at radius 1 is 1.24 bits per heavy atom. The lowest BCUT2D eigenvalue weighted by Gasteiger charge is -2.10. The molecule has 0 atom stereocenters. The number of rotatable bonds is 2. The predicted molar refractivity (Wildman–Crippen MR) is 71.9 cm³/mol. The fraction of sp³-hybridized carbons (Fsp3) is 0.357. The second kappa shape index (κ2) is 4.24. The van der Waals surface area contributed by atoms with Gasteiger partial charge < -0.3 is 5.73 Å². The van der Waals surface area contributed by atoms with Gasteiger partial charge in [-0.2, -0.15) is 5.10 Å². The second-order valence-corrected chi connectivity index (χ2v) is 4.83. The van der Waals surface area contributed by atoms with Crippen LogP contribution in [0.5, 0.6) is 0 Å². The second-order valence-electron chi connectivity index (χ2n) is 4.83. The molecular formula is C14H19N3. The fourth-order valence-electron chi connectivity index (χ4n) is 2.00. The van der Waals surface area contributed by atoms with Gasteiger partial charge in [0.25, 0.3) is 0 Å². The van der Waals surface area contributed by atoms with Gasteiger partial charge in [-0.3, -0.25) is 4.68 Å². The molecule has 1 heterocycles. The molecule has 0 saturated heterocycles. The summed E-state index contributed by atoms with van der Waals surface area (Å²) >= 11 is 0. The molecule has 2 rings (SSSR count). The highest BCUT2D eigenvalue weighted by Gasteiger charge is 2.11. The fourth-order valence-corrected chi connectivity index (χ4v) is 2.00. The molecule has 90 valence electrons. The number of hydrogen-bond acceptors (Lipinski definition) is 2. The van der Waals surface area contributed by atoms with Gasteiger partial charge in [0.05, 0.1) is 0 Å². The highest BCUT2D eigenvalue weighted by Crippen LogP contribution is 2.30. The van der Waals surface area contributed by atoms with Crippen LogP contribution in [-0.2, 0) is 7.05 Å². The van der Waals surface area contributed by atoms with E-state index in [2.05, 4.69) is 44.1 Å². The van der Waals surface area contributed by atoms with E-state index in [4.69, 9.17) is 5.73 Å². The largest absolute Gasteiger partial charge is 0.382 e. The van der Waals surface area contributed by atoms with Crippen molar-refractivity contribution in [1.82, 2.24) is 9.78 Å². The minimum absolute atomic E-state index is 0.521. The van der Waals surface area contributed by atoms with Crippen molar-refractivity contribution in [3.8, 4) is 11.1 Å². The van der Waals surface area contributed by atoms with Crippen LogP contribution in [0, 0.1) is 6.92 Å². The molecule has 0 aliphatic heterocycles. The van der Waals surface area contributed by atoms with E-state index < -0.39 is 0 Å². The Kier molecular flexibility index (Phi) is 2.92. The van der Waals surface area contributed by atoms with Crippen molar-refractivity contribution in [2.45, 2.75) is 26.7 Å². The molecular weight excluding hydrogens is 210 g/mol. The van der Waals surface area contributed by atoms with E-state index in [-0.39, 0.29) is 0 Å². The van der Waals surface area contributed by atoms with E-state index in [1.807, 2.05) is 13.2 Å². The van der Waals surface area contributed by atoms with Gasteiger partial charge in [-0.05, 0) is 29.5 Å². The summed E-state index contributed by atoms with van der Waals surface area (Å²) in [5.41, 5.74) is 10.7. The molecule has 0 saturated carbocycles. The standard InChI is InChI=1S/C14H19N3/c1-9(2)11-6-5-10(3)12(7-11)13-8-17(4)16-14(13)15/h5-9H,1-4H3,(H2,15,16). The molecule has 17 heavy (non-hydrogen) atoms. The van der Waals surface area contributed by atoms with Crippen LogP contribution < -0.4 is 5.73 Å². The monoisotopic (exact) mass is 229 g/mol. The highest BCUT2D eigenvalue weighted by atomic mass is 15.3. The van der Waals surface area contributed by atoms with Gasteiger partial charge in [-0.1, -0.05) is 32.0 Å². The van der Waals surface area contributed by atoms with E-state index in [0.29, 0.717) is 11.7 Å². The average molecular weight is 229 g/mol. The minimum atomic E-state index is 0.521. The van der Waals surface area contributed by atoms with Crippen LogP contribution in [0.3, 0.4) is 0 Å².